The zero-order valence-corrected chi connectivity index (χ0v) is 12.9. The Morgan fingerprint density at radius 1 is 1.39 bits per heavy atom. The summed E-state index contributed by atoms with van der Waals surface area (Å²) < 4.78 is 0. The summed E-state index contributed by atoms with van der Waals surface area (Å²) in [4.78, 5) is 5.91. The lowest BCUT2D eigenvalue weighted by Crippen LogP contribution is -2.31. The highest BCUT2D eigenvalue weighted by molar-refractivity contribution is 7.11. The molecule has 1 fully saturated rings. The highest BCUT2D eigenvalue weighted by Crippen LogP contribution is 2.29. The molecule has 0 aromatic carbocycles. The summed E-state index contributed by atoms with van der Waals surface area (Å²) in [5, 5.41) is 4.92. The zero-order valence-electron chi connectivity index (χ0n) is 12.1. The second-order valence-electron chi connectivity index (χ2n) is 6.60. The maximum absolute atomic E-state index is 4.54. The maximum Gasteiger partial charge on any atom is 0.0981 e. The van der Waals surface area contributed by atoms with Crippen LogP contribution in [0.5, 0.6) is 0 Å². The molecule has 0 radical (unpaired) electrons. The molecule has 2 nitrogen and oxygen atoms in total. The Labute approximate surface area is 115 Å². The molecule has 0 bridgehead atoms. The van der Waals surface area contributed by atoms with Crippen LogP contribution in [-0.4, -0.2) is 11.0 Å². The number of hydrogen-bond acceptors (Lipinski definition) is 3. The molecule has 1 saturated carbocycles. The van der Waals surface area contributed by atoms with Gasteiger partial charge in [0.05, 0.1) is 5.01 Å². The molecule has 1 aromatic heterocycles. The highest BCUT2D eigenvalue weighted by Gasteiger charge is 2.22. The van der Waals surface area contributed by atoms with Crippen LogP contribution in [0.1, 0.15) is 63.3 Å². The van der Waals surface area contributed by atoms with E-state index in [2.05, 4.69) is 38.0 Å². The fourth-order valence-electron chi connectivity index (χ4n) is 2.62. The molecule has 1 aliphatic rings. The van der Waals surface area contributed by atoms with Crippen molar-refractivity contribution in [3.8, 4) is 0 Å². The normalized spacial score (nSPS) is 19.3. The Hall–Kier alpha value is -0.410. The van der Waals surface area contributed by atoms with Crippen LogP contribution in [0.2, 0.25) is 0 Å². The molecule has 0 saturated heterocycles. The minimum absolute atomic E-state index is 0.181. The van der Waals surface area contributed by atoms with E-state index in [1.165, 1.54) is 35.6 Å². The Kier molecular flexibility index (Phi) is 4.44. The van der Waals surface area contributed by atoms with Crippen LogP contribution in [-0.2, 0) is 12.0 Å². The van der Waals surface area contributed by atoms with Crippen molar-refractivity contribution in [2.24, 2.45) is 5.92 Å². The first kappa shape index (κ1) is 14.0. The third-order valence-electron chi connectivity index (χ3n) is 3.90. The first-order chi connectivity index (χ1) is 8.47. The van der Waals surface area contributed by atoms with Gasteiger partial charge in [-0.2, -0.15) is 0 Å². The molecular formula is C15H26N2S. The summed E-state index contributed by atoms with van der Waals surface area (Å²) in [5.74, 6) is 0.889. The molecule has 1 heterocycles. The van der Waals surface area contributed by atoms with Crippen LogP contribution in [0, 0.1) is 5.92 Å². The number of hydrogen-bond donors (Lipinski definition) is 1. The molecule has 1 atom stereocenters. The van der Waals surface area contributed by atoms with Gasteiger partial charge in [0.2, 0.25) is 0 Å². The van der Waals surface area contributed by atoms with Crippen molar-refractivity contribution < 1.29 is 0 Å². The molecule has 1 N–H and O–H groups in total. The van der Waals surface area contributed by atoms with Crippen molar-refractivity contribution >= 4 is 11.3 Å². The van der Waals surface area contributed by atoms with Crippen molar-refractivity contribution in [2.75, 3.05) is 0 Å². The summed E-state index contributed by atoms with van der Waals surface area (Å²) in [6, 6.07) is 0.646. The fraction of sp³-hybridized carbons (Fsp3) is 0.800. The number of nitrogens with zero attached hydrogens (tertiary/aromatic N) is 1. The lowest BCUT2D eigenvalue weighted by atomic mass is 9.98. The molecule has 1 aliphatic carbocycles. The van der Waals surface area contributed by atoms with E-state index in [0.29, 0.717) is 6.04 Å². The van der Waals surface area contributed by atoms with E-state index in [4.69, 9.17) is 0 Å². The average molecular weight is 266 g/mol. The Morgan fingerprint density at radius 2 is 2.06 bits per heavy atom. The van der Waals surface area contributed by atoms with Crippen molar-refractivity contribution in [3.63, 3.8) is 0 Å². The Morgan fingerprint density at radius 3 is 2.61 bits per heavy atom. The second kappa shape index (κ2) is 5.70. The third kappa shape index (κ3) is 3.55. The average Bonchev–Trinajstić information content (AvgIpc) is 2.96. The lowest BCUT2D eigenvalue weighted by molar-refractivity contribution is 0.381. The van der Waals surface area contributed by atoms with Gasteiger partial charge in [-0.15, -0.1) is 11.3 Å². The van der Waals surface area contributed by atoms with Gasteiger partial charge in [-0.1, -0.05) is 33.6 Å². The van der Waals surface area contributed by atoms with Gasteiger partial charge >= 0.3 is 0 Å². The van der Waals surface area contributed by atoms with E-state index in [-0.39, 0.29) is 5.41 Å². The largest absolute Gasteiger partial charge is 0.309 e. The highest BCUT2D eigenvalue weighted by atomic mass is 32.1. The lowest BCUT2D eigenvalue weighted by Gasteiger charge is -2.19. The van der Waals surface area contributed by atoms with Gasteiger partial charge in [-0.25, -0.2) is 4.98 Å². The smallest absolute Gasteiger partial charge is 0.0981 e. The van der Waals surface area contributed by atoms with Crippen molar-refractivity contribution in [2.45, 2.75) is 71.4 Å². The molecular weight excluding hydrogens is 240 g/mol. The number of aromatic nitrogens is 1. The van der Waals surface area contributed by atoms with Gasteiger partial charge in [-0.3, -0.25) is 0 Å². The molecule has 1 aromatic rings. The monoisotopic (exact) mass is 266 g/mol. The topological polar surface area (TPSA) is 24.9 Å². The van der Waals surface area contributed by atoms with Crippen molar-refractivity contribution in [1.29, 1.82) is 0 Å². The first-order valence-corrected chi connectivity index (χ1v) is 7.97. The van der Waals surface area contributed by atoms with Gasteiger partial charge in [0.15, 0.2) is 0 Å². The molecule has 3 heteroatoms. The van der Waals surface area contributed by atoms with Crippen LogP contribution >= 0.6 is 11.3 Å². The zero-order chi connectivity index (χ0) is 13.2. The molecule has 0 unspecified atom stereocenters. The fourth-order valence-corrected chi connectivity index (χ4v) is 3.54. The van der Waals surface area contributed by atoms with Gasteiger partial charge in [0.1, 0.15) is 0 Å². The van der Waals surface area contributed by atoms with Gasteiger partial charge < -0.3 is 5.32 Å². The van der Waals surface area contributed by atoms with E-state index in [0.717, 1.165) is 12.5 Å². The van der Waals surface area contributed by atoms with E-state index < -0.39 is 0 Å². The Balaban J connectivity index is 1.84. The van der Waals surface area contributed by atoms with E-state index >= 15 is 0 Å². The predicted octanol–water partition coefficient (Wildman–Crippen LogP) is 4.11. The molecule has 0 aliphatic heterocycles. The predicted molar refractivity (Wildman–Crippen MR) is 79.1 cm³/mol. The van der Waals surface area contributed by atoms with Gasteiger partial charge in [-0.05, 0) is 25.7 Å². The molecule has 0 spiro atoms. The van der Waals surface area contributed by atoms with Gasteiger partial charge in [0.25, 0.3) is 0 Å². The molecule has 0 amide bonds. The molecule has 102 valence electrons. The van der Waals surface area contributed by atoms with Crippen LogP contribution in [0.3, 0.4) is 0 Å². The summed E-state index contributed by atoms with van der Waals surface area (Å²) in [7, 11) is 0. The number of rotatable bonds is 4. The summed E-state index contributed by atoms with van der Waals surface area (Å²) in [5.41, 5.74) is 0.181. The number of thiazole rings is 1. The Bertz CT molecular complexity index is 372. The second-order valence-corrected chi connectivity index (χ2v) is 7.71. The minimum atomic E-state index is 0.181. The van der Waals surface area contributed by atoms with E-state index in [9.17, 15) is 0 Å². The first-order valence-electron chi connectivity index (χ1n) is 7.15. The van der Waals surface area contributed by atoms with Crippen LogP contribution in [0.25, 0.3) is 0 Å². The van der Waals surface area contributed by atoms with Crippen LogP contribution < -0.4 is 5.32 Å². The van der Waals surface area contributed by atoms with Crippen molar-refractivity contribution in [3.05, 3.63) is 16.1 Å². The van der Waals surface area contributed by atoms with Crippen LogP contribution in [0.15, 0.2) is 6.20 Å². The maximum atomic E-state index is 4.54. The summed E-state index contributed by atoms with van der Waals surface area (Å²) >= 11 is 1.85. The summed E-state index contributed by atoms with van der Waals surface area (Å²) in [6.07, 6.45) is 7.70. The van der Waals surface area contributed by atoms with Crippen molar-refractivity contribution in [1.82, 2.24) is 10.3 Å². The summed E-state index contributed by atoms with van der Waals surface area (Å²) in [6.45, 7) is 9.99. The number of nitrogens with one attached hydrogen (secondary N) is 1. The molecule has 2 rings (SSSR count). The quantitative estimate of drug-likeness (QED) is 0.887. The van der Waals surface area contributed by atoms with Crippen LogP contribution in [0.4, 0.5) is 0 Å². The SMILES string of the molecule is C[C@H](NCc1cnc(C(C)(C)C)s1)C1CCCC1. The van der Waals surface area contributed by atoms with E-state index in [1.54, 1.807) is 0 Å². The third-order valence-corrected chi connectivity index (χ3v) is 5.32. The minimum Gasteiger partial charge on any atom is -0.309 e. The standard InChI is InChI=1S/C15H26N2S/c1-11(12-7-5-6-8-12)16-9-13-10-17-14(18-13)15(2,3)4/h10-12,16H,5-9H2,1-4H3/t11-/m0/s1. The van der Waals surface area contributed by atoms with E-state index in [1.807, 2.05) is 17.5 Å². The molecule has 18 heavy (non-hydrogen) atoms. The van der Waals surface area contributed by atoms with Gasteiger partial charge in [0, 0.05) is 29.1 Å².